The van der Waals surface area contributed by atoms with Gasteiger partial charge in [-0.05, 0) is 57.8 Å². The largest absolute Gasteiger partial charge is 0.481 e. The summed E-state index contributed by atoms with van der Waals surface area (Å²) in [5.74, 6) is -1.30. The molecule has 0 bridgehead atoms. The highest BCUT2D eigenvalue weighted by Crippen LogP contribution is 2.37. The molecular formula is C45H89NO7. The number of aliphatic hydroxyl groups is 1. The second kappa shape index (κ2) is 36.4. The molecule has 2 unspecified atom stereocenters. The molecule has 2 atom stereocenters. The number of carboxylic acid groups (broad SMARTS) is 2. The normalized spacial score (nSPS) is 14.1. The fourth-order valence-corrected chi connectivity index (χ4v) is 7.81. The van der Waals surface area contributed by atoms with Crippen LogP contribution in [0.15, 0.2) is 0 Å². The smallest absolute Gasteiger partial charge is 0.309 e. The van der Waals surface area contributed by atoms with Crippen LogP contribution in [0.4, 0.5) is 0 Å². The predicted molar refractivity (Wildman–Crippen MR) is 222 cm³/mol. The van der Waals surface area contributed by atoms with Crippen molar-refractivity contribution >= 4 is 11.9 Å². The summed E-state index contributed by atoms with van der Waals surface area (Å²) in [5, 5.41) is 30.2. The summed E-state index contributed by atoms with van der Waals surface area (Å²) >= 11 is 0. The maximum Gasteiger partial charge on any atom is 0.309 e. The topological polar surface area (TPSA) is 117 Å². The number of carboxylic acids is 2. The molecule has 8 heteroatoms. The van der Waals surface area contributed by atoms with E-state index in [0.717, 1.165) is 142 Å². The van der Waals surface area contributed by atoms with E-state index in [0.29, 0.717) is 39.3 Å². The van der Waals surface area contributed by atoms with Crippen LogP contribution < -0.4 is 0 Å². The summed E-state index contributed by atoms with van der Waals surface area (Å²) in [6, 6.07) is 0. The van der Waals surface area contributed by atoms with Crippen molar-refractivity contribution < 1.29 is 34.4 Å². The minimum atomic E-state index is -0.681. The van der Waals surface area contributed by atoms with Crippen LogP contribution in [0.5, 0.6) is 0 Å². The number of hydrogen-bond donors (Lipinski definition) is 3. The lowest BCUT2D eigenvalue weighted by Gasteiger charge is -2.30. The zero-order valence-corrected chi connectivity index (χ0v) is 35.6. The lowest BCUT2D eigenvalue weighted by atomic mass is 9.75. The molecule has 0 fully saturated rings. The SMILES string of the molecule is CCCCCCCCC(CCCCCC)(CCOCCCN(CCCO)CCCOCCC(CCCCCC)(CCCCCCCC)C(=O)O)C(=O)O. The standard InChI is InChI=1S/C45H89NO7/c1-5-9-13-17-19-23-30-44(42(48)49,28-21-15-11-7-3)32-40-52-38-26-35-46(34-25-37-47)36-27-39-53-41-33-45(43(50)51,29-22-16-12-8-4)31-24-20-18-14-10-6-2/h47H,5-41H2,1-4H3,(H,48,49)(H,50,51). The van der Waals surface area contributed by atoms with Crippen molar-refractivity contribution in [3.05, 3.63) is 0 Å². The van der Waals surface area contributed by atoms with Crippen molar-refractivity contribution in [2.75, 3.05) is 52.7 Å². The lowest BCUT2D eigenvalue weighted by Crippen LogP contribution is -2.33. The molecule has 0 aromatic heterocycles. The van der Waals surface area contributed by atoms with Gasteiger partial charge in [0.05, 0.1) is 10.8 Å². The molecule has 0 saturated heterocycles. The molecule has 0 radical (unpaired) electrons. The lowest BCUT2D eigenvalue weighted by molar-refractivity contribution is -0.152. The molecule has 0 saturated carbocycles. The summed E-state index contributed by atoms with van der Waals surface area (Å²) < 4.78 is 12.1. The number of unbranched alkanes of at least 4 members (excludes halogenated alkanes) is 16. The van der Waals surface area contributed by atoms with Crippen LogP contribution in [-0.4, -0.2) is 84.8 Å². The van der Waals surface area contributed by atoms with Gasteiger partial charge in [-0.3, -0.25) is 9.59 Å². The molecule has 0 aromatic carbocycles. The number of rotatable bonds is 43. The third-order valence-electron chi connectivity index (χ3n) is 11.6. The molecule has 316 valence electrons. The Bertz CT molecular complexity index is 765. The molecule has 0 spiro atoms. The molecule has 0 heterocycles. The number of aliphatic hydroxyl groups excluding tert-OH is 1. The van der Waals surface area contributed by atoms with E-state index in [1.807, 2.05) is 0 Å². The zero-order chi connectivity index (χ0) is 39.3. The van der Waals surface area contributed by atoms with Crippen molar-refractivity contribution in [3.8, 4) is 0 Å². The van der Waals surface area contributed by atoms with Crippen LogP contribution in [0.2, 0.25) is 0 Å². The minimum absolute atomic E-state index is 0.158. The maximum absolute atomic E-state index is 12.6. The Kier molecular flexibility index (Phi) is 35.6. The summed E-state index contributed by atoms with van der Waals surface area (Å²) in [5.41, 5.74) is -1.36. The van der Waals surface area contributed by atoms with Gasteiger partial charge in [-0.25, -0.2) is 0 Å². The number of nitrogens with zero attached hydrogens (tertiary/aromatic N) is 1. The average molecular weight is 756 g/mol. The van der Waals surface area contributed by atoms with E-state index in [4.69, 9.17) is 9.47 Å². The van der Waals surface area contributed by atoms with E-state index in [-0.39, 0.29) is 6.61 Å². The van der Waals surface area contributed by atoms with Gasteiger partial charge >= 0.3 is 11.9 Å². The number of carbonyl (C=O) groups is 2. The minimum Gasteiger partial charge on any atom is -0.481 e. The zero-order valence-electron chi connectivity index (χ0n) is 35.6. The van der Waals surface area contributed by atoms with E-state index in [2.05, 4.69) is 32.6 Å². The van der Waals surface area contributed by atoms with Crippen molar-refractivity contribution in [2.24, 2.45) is 10.8 Å². The van der Waals surface area contributed by atoms with Crippen LogP contribution in [0.25, 0.3) is 0 Å². The van der Waals surface area contributed by atoms with Crippen molar-refractivity contribution in [3.63, 3.8) is 0 Å². The van der Waals surface area contributed by atoms with Crippen LogP contribution in [0.3, 0.4) is 0 Å². The molecular weight excluding hydrogens is 666 g/mol. The molecule has 8 nitrogen and oxygen atoms in total. The van der Waals surface area contributed by atoms with Crippen molar-refractivity contribution in [1.29, 1.82) is 0 Å². The van der Waals surface area contributed by atoms with Gasteiger partial charge in [0.1, 0.15) is 0 Å². The van der Waals surface area contributed by atoms with E-state index in [1.165, 1.54) is 51.4 Å². The molecule has 0 rings (SSSR count). The first-order valence-corrected chi connectivity index (χ1v) is 22.7. The number of hydrogen-bond acceptors (Lipinski definition) is 6. The molecule has 0 aromatic rings. The van der Waals surface area contributed by atoms with E-state index in [1.54, 1.807) is 0 Å². The van der Waals surface area contributed by atoms with Crippen LogP contribution >= 0.6 is 0 Å². The Morgan fingerprint density at radius 3 is 1.04 bits per heavy atom. The first-order valence-electron chi connectivity index (χ1n) is 22.7. The third-order valence-corrected chi connectivity index (χ3v) is 11.6. The van der Waals surface area contributed by atoms with E-state index < -0.39 is 22.8 Å². The summed E-state index contributed by atoms with van der Waals surface area (Å²) in [7, 11) is 0. The fourth-order valence-electron chi connectivity index (χ4n) is 7.81. The number of aliphatic carboxylic acids is 2. The summed E-state index contributed by atoms with van der Waals surface area (Å²) in [6.45, 7) is 13.7. The van der Waals surface area contributed by atoms with Gasteiger partial charge in [0.25, 0.3) is 0 Å². The Morgan fingerprint density at radius 1 is 0.415 bits per heavy atom. The summed E-state index contributed by atoms with van der Waals surface area (Å²) in [6.07, 6.45) is 29.3. The summed E-state index contributed by atoms with van der Waals surface area (Å²) in [4.78, 5) is 27.6. The highest BCUT2D eigenvalue weighted by atomic mass is 16.5. The quantitative estimate of drug-likeness (QED) is 0.0527. The third kappa shape index (κ3) is 27.1. The Labute approximate surface area is 327 Å². The van der Waals surface area contributed by atoms with Gasteiger partial charge in [0.2, 0.25) is 0 Å². The predicted octanol–water partition coefficient (Wildman–Crippen LogP) is 11.8. The average Bonchev–Trinajstić information content (AvgIpc) is 3.15. The van der Waals surface area contributed by atoms with Gasteiger partial charge in [-0.1, -0.05) is 156 Å². The highest BCUT2D eigenvalue weighted by Gasteiger charge is 2.38. The Morgan fingerprint density at radius 2 is 0.717 bits per heavy atom. The molecule has 0 aliphatic heterocycles. The highest BCUT2D eigenvalue weighted by molar-refractivity contribution is 5.75. The molecule has 0 amide bonds. The van der Waals surface area contributed by atoms with Crippen LogP contribution in [0, 0.1) is 10.8 Å². The Hall–Kier alpha value is -1.22. The number of ether oxygens (including phenoxy) is 2. The van der Waals surface area contributed by atoms with Gasteiger partial charge in [0, 0.05) is 52.7 Å². The Balaban J connectivity index is 4.83. The van der Waals surface area contributed by atoms with Crippen molar-refractivity contribution in [2.45, 2.75) is 214 Å². The van der Waals surface area contributed by atoms with E-state index >= 15 is 0 Å². The van der Waals surface area contributed by atoms with Crippen LogP contribution in [-0.2, 0) is 19.1 Å². The van der Waals surface area contributed by atoms with Crippen LogP contribution in [0.1, 0.15) is 214 Å². The molecule has 53 heavy (non-hydrogen) atoms. The van der Waals surface area contributed by atoms with Crippen molar-refractivity contribution in [1.82, 2.24) is 4.90 Å². The van der Waals surface area contributed by atoms with Gasteiger partial charge in [-0.2, -0.15) is 0 Å². The second-order valence-corrected chi connectivity index (χ2v) is 16.2. The molecule has 3 N–H and O–H groups in total. The van der Waals surface area contributed by atoms with Gasteiger partial charge < -0.3 is 29.7 Å². The fraction of sp³-hybridized carbons (Fsp3) is 0.956. The molecule has 0 aliphatic rings. The first-order chi connectivity index (χ1) is 25.8. The second-order valence-electron chi connectivity index (χ2n) is 16.2. The van der Waals surface area contributed by atoms with E-state index in [9.17, 15) is 24.9 Å². The first kappa shape index (κ1) is 51.8. The maximum atomic E-state index is 12.6. The van der Waals surface area contributed by atoms with Gasteiger partial charge in [-0.15, -0.1) is 0 Å². The molecule has 0 aliphatic carbocycles. The van der Waals surface area contributed by atoms with Gasteiger partial charge in [0.15, 0.2) is 0 Å². The monoisotopic (exact) mass is 756 g/mol.